The molecule has 0 bridgehead atoms. The van der Waals surface area contributed by atoms with E-state index in [1.54, 1.807) is 0 Å². The molecular weight excluding hydrogens is 210 g/mol. The SMILES string of the molecule is Cc1cc(C)c(CN2CCC(C)(O)C2)c(C)c1. The Morgan fingerprint density at radius 2 is 1.82 bits per heavy atom. The van der Waals surface area contributed by atoms with Gasteiger partial charge in [0, 0.05) is 19.6 Å². The third-order valence-electron chi connectivity index (χ3n) is 3.75. The van der Waals surface area contributed by atoms with E-state index >= 15 is 0 Å². The molecule has 1 unspecified atom stereocenters. The van der Waals surface area contributed by atoms with Crippen molar-refractivity contribution in [1.29, 1.82) is 0 Å². The Kier molecular flexibility index (Phi) is 3.28. The van der Waals surface area contributed by atoms with E-state index in [1.165, 1.54) is 22.3 Å². The van der Waals surface area contributed by atoms with E-state index in [2.05, 4.69) is 37.8 Å². The number of rotatable bonds is 2. The Morgan fingerprint density at radius 3 is 2.29 bits per heavy atom. The van der Waals surface area contributed by atoms with Crippen LogP contribution < -0.4 is 0 Å². The molecule has 1 N–H and O–H groups in total. The predicted octanol–water partition coefficient (Wildman–Crippen LogP) is 2.57. The molecule has 1 heterocycles. The van der Waals surface area contributed by atoms with Crippen LogP contribution in [0.2, 0.25) is 0 Å². The van der Waals surface area contributed by atoms with Crippen LogP contribution in [0.25, 0.3) is 0 Å². The van der Waals surface area contributed by atoms with Gasteiger partial charge in [-0.15, -0.1) is 0 Å². The quantitative estimate of drug-likeness (QED) is 0.848. The van der Waals surface area contributed by atoms with Crippen LogP contribution in [0.4, 0.5) is 0 Å². The lowest BCUT2D eigenvalue weighted by atomic mass is 9.99. The summed E-state index contributed by atoms with van der Waals surface area (Å²) in [4.78, 5) is 2.35. The van der Waals surface area contributed by atoms with Gasteiger partial charge in [-0.05, 0) is 50.8 Å². The molecule has 2 nitrogen and oxygen atoms in total. The number of β-amino-alcohol motifs (C(OH)–C–C–N with tert-alkyl or cyclic N) is 1. The maximum atomic E-state index is 9.98. The van der Waals surface area contributed by atoms with Gasteiger partial charge in [0.15, 0.2) is 0 Å². The minimum atomic E-state index is -0.494. The zero-order valence-corrected chi connectivity index (χ0v) is 11.4. The first-order chi connectivity index (χ1) is 7.87. The Labute approximate surface area is 104 Å². The van der Waals surface area contributed by atoms with E-state index in [1.807, 2.05) is 6.92 Å². The molecule has 1 aliphatic heterocycles. The third kappa shape index (κ3) is 2.88. The summed E-state index contributed by atoms with van der Waals surface area (Å²) in [5.41, 5.74) is 5.00. The van der Waals surface area contributed by atoms with Crippen LogP contribution in [0.3, 0.4) is 0 Å². The molecule has 0 aromatic heterocycles. The van der Waals surface area contributed by atoms with E-state index in [4.69, 9.17) is 0 Å². The molecule has 1 fully saturated rings. The van der Waals surface area contributed by atoms with E-state index in [0.717, 1.165) is 26.1 Å². The van der Waals surface area contributed by atoms with Gasteiger partial charge in [-0.2, -0.15) is 0 Å². The third-order valence-corrected chi connectivity index (χ3v) is 3.75. The zero-order valence-electron chi connectivity index (χ0n) is 11.4. The van der Waals surface area contributed by atoms with E-state index in [9.17, 15) is 5.11 Å². The van der Waals surface area contributed by atoms with Gasteiger partial charge in [0.25, 0.3) is 0 Å². The monoisotopic (exact) mass is 233 g/mol. The molecular formula is C15H23NO. The van der Waals surface area contributed by atoms with Crippen LogP contribution in [-0.2, 0) is 6.54 Å². The largest absolute Gasteiger partial charge is 0.389 e. The molecule has 1 aliphatic rings. The summed E-state index contributed by atoms with van der Waals surface area (Å²) in [6.07, 6.45) is 0.886. The van der Waals surface area contributed by atoms with Crippen LogP contribution >= 0.6 is 0 Å². The predicted molar refractivity (Wildman–Crippen MR) is 71.2 cm³/mol. The topological polar surface area (TPSA) is 23.5 Å². The lowest BCUT2D eigenvalue weighted by Crippen LogP contribution is -2.29. The van der Waals surface area contributed by atoms with Crippen LogP contribution in [0.5, 0.6) is 0 Å². The second-order valence-electron chi connectivity index (χ2n) is 5.83. The van der Waals surface area contributed by atoms with Gasteiger partial charge in [-0.3, -0.25) is 4.90 Å². The summed E-state index contributed by atoms with van der Waals surface area (Å²) in [5, 5.41) is 9.98. The second kappa shape index (κ2) is 4.43. The maximum absolute atomic E-state index is 9.98. The molecule has 2 rings (SSSR count). The molecule has 1 saturated heterocycles. The maximum Gasteiger partial charge on any atom is 0.0758 e. The van der Waals surface area contributed by atoms with Gasteiger partial charge < -0.3 is 5.11 Å². The zero-order chi connectivity index (χ0) is 12.6. The first kappa shape index (κ1) is 12.6. The van der Waals surface area contributed by atoms with Crippen molar-refractivity contribution >= 4 is 0 Å². The molecule has 1 aromatic rings. The fourth-order valence-electron chi connectivity index (χ4n) is 2.86. The molecule has 1 atom stereocenters. The van der Waals surface area contributed by atoms with Crippen LogP contribution in [-0.4, -0.2) is 28.7 Å². The number of hydrogen-bond donors (Lipinski definition) is 1. The molecule has 0 aliphatic carbocycles. The van der Waals surface area contributed by atoms with Crippen molar-refractivity contribution in [3.63, 3.8) is 0 Å². The van der Waals surface area contributed by atoms with Gasteiger partial charge in [0.2, 0.25) is 0 Å². The van der Waals surface area contributed by atoms with Gasteiger partial charge >= 0.3 is 0 Å². The van der Waals surface area contributed by atoms with Crippen molar-refractivity contribution in [2.24, 2.45) is 0 Å². The number of benzene rings is 1. The highest BCUT2D eigenvalue weighted by Crippen LogP contribution is 2.24. The van der Waals surface area contributed by atoms with Crippen molar-refractivity contribution in [2.45, 2.75) is 46.3 Å². The molecule has 0 amide bonds. The van der Waals surface area contributed by atoms with Crippen LogP contribution in [0.15, 0.2) is 12.1 Å². The summed E-state index contributed by atoms with van der Waals surface area (Å²) in [7, 11) is 0. The summed E-state index contributed by atoms with van der Waals surface area (Å²) < 4.78 is 0. The summed E-state index contributed by atoms with van der Waals surface area (Å²) in [6.45, 7) is 11.2. The lowest BCUT2D eigenvalue weighted by molar-refractivity contribution is 0.0678. The Hall–Kier alpha value is -0.860. The summed E-state index contributed by atoms with van der Waals surface area (Å²) >= 11 is 0. The highest BCUT2D eigenvalue weighted by atomic mass is 16.3. The summed E-state index contributed by atoms with van der Waals surface area (Å²) in [5.74, 6) is 0. The van der Waals surface area contributed by atoms with E-state index < -0.39 is 5.60 Å². The lowest BCUT2D eigenvalue weighted by Gasteiger charge is -2.21. The highest BCUT2D eigenvalue weighted by Gasteiger charge is 2.31. The molecule has 94 valence electrons. The smallest absolute Gasteiger partial charge is 0.0758 e. The number of likely N-dealkylation sites (tertiary alicyclic amines) is 1. The molecule has 0 radical (unpaired) electrons. The Bertz CT molecular complexity index is 400. The van der Waals surface area contributed by atoms with Crippen molar-refractivity contribution in [3.8, 4) is 0 Å². The minimum absolute atomic E-state index is 0.494. The minimum Gasteiger partial charge on any atom is -0.389 e. The van der Waals surface area contributed by atoms with Gasteiger partial charge in [-0.1, -0.05) is 17.7 Å². The highest BCUT2D eigenvalue weighted by molar-refractivity contribution is 5.37. The van der Waals surface area contributed by atoms with Gasteiger partial charge in [0.05, 0.1) is 5.60 Å². The standard InChI is InChI=1S/C15H23NO/c1-11-7-12(2)14(13(3)8-11)9-16-6-5-15(4,17)10-16/h7-8,17H,5-6,9-10H2,1-4H3. The average Bonchev–Trinajstić information content (AvgIpc) is 2.52. The fourth-order valence-corrected chi connectivity index (χ4v) is 2.86. The molecule has 17 heavy (non-hydrogen) atoms. The Morgan fingerprint density at radius 1 is 1.24 bits per heavy atom. The summed E-state index contributed by atoms with van der Waals surface area (Å²) in [6, 6.07) is 4.49. The van der Waals surface area contributed by atoms with E-state index in [-0.39, 0.29) is 0 Å². The van der Waals surface area contributed by atoms with E-state index in [0.29, 0.717) is 0 Å². The average molecular weight is 233 g/mol. The molecule has 1 aromatic carbocycles. The van der Waals surface area contributed by atoms with Crippen molar-refractivity contribution < 1.29 is 5.11 Å². The van der Waals surface area contributed by atoms with Gasteiger partial charge in [0.1, 0.15) is 0 Å². The number of aliphatic hydroxyl groups is 1. The van der Waals surface area contributed by atoms with Gasteiger partial charge in [-0.25, -0.2) is 0 Å². The molecule has 0 saturated carbocycles. The van der Waals surface area contributed by atoms with Crippen molar-refractivity contribution in [1.82, 2.24) is 4.90 Å². The number of aryl methyl sites for hydroxylation is 3. The Balaban J connectivity index is 2.15. The van der Waals surface area contributed by atoms with Crippen molar-refractivity contribution in [2.75, 3.05) is 13.1 Å². The normalized spacial score (nSPS) is 25.5. The van der Waals surface area contributed by atoms with Crippen molar-refractivity contribution in [3.05, 3.63) is 34.4 Å². The fraction of sp³-hybridized carbons (Fsp3) is 0.600. The van der Waals surface area contributed by atoms with Crippen LogP contribution in [0, 0.1) is 20.8 Å². The molecule has 0 spiro atoms. The first-order valence-electron chi connectivity index (χ1n) is 6.39. The van der Waals surface area contributed by atoms with Crippen LogP contribution in [0.1, 0.15) is 35.6 Å². The number of hydrogen-bond acceptors (Lipinski definition) is 2. The second-order valence-corrected chi connectivity index (χ2v) is 5.83. The molecule has 2 heteroatoms. The number of nitrogens with zero attached hydrogens (tertiary/aromatic N) is 1. The first-order valence-corrected chi connectivity index (χ1v) is 6.39.